The Morgan fingerprint density at radius 3 is 2.22 bits per heavy atom. The minimum atomic E-state index is -0.550. The maximum Gasteiger partial charge on any atom is 0.306 e. The second-order valence-electron chi connectivity index (χ2n) is 8.18. The molecule has 0 heterocycles. The maximum absolute atomic E-state index is 12.2. The average Bonchev–Trinajstić information content (AvgIpc) is 2.86. The van der Waals surface area contributed by atoms with Crippen molar-refractivity contribution >= 4 is 29.2 Å². The van der Waals surface area contributed by atoms with E-state index in [0.29, 0.717) is 29.3 Å². The minimum Gasteiger partial charge on any atom is -0.495 e. The number of methoxy groups -OCH3 is 1. The standard InChI is InChI=1S/C28H30N2O6/c1-19-11-14-23(17-20(19)2)36-22-15-12-21(13-16-22)29-26(31)9-6-10-28(33)35-18-27(32)30-24-7-4-5-8-25(24)34-3/h4-5,7-8,11-17H,6,9-10,18H2,1-3H3,(H,29,31)(H,30,32). The molecular weight excluding hydrogens is 460 g/mol. The number of carbonyl (C=O) groups is 3. The van der Waals surface area contributed by atoms with E-state index in [1.807, 2.05) is 32.0 Å². The number of hydrogen-bond donors (Lipinski definition) is 2. The zero-order valence-corrected chi connectivity index (χ0v) is 20.6. The van der Waals surface area contributed by atoms with Gasteiger partial charge in [-0.2, -0.15) is 0 Å². The molecule has 0 aliphatic rings. The van der Waals surface area contributed by atoms with Crippen molar-refractivity contribution in [2.45, 2.75) is 33.1 Å². The average molecular weight is 491 g/mol. The minimum absolute atomic E-state index is 0.0259. The van der Waals surface area contributed by atoms with Crippen LogP contribution >= 0.6 is 0 Å². The Kier molecular flexibility index (Phi) is 9.45. The van der Waals surface area contributed by atoms with Crippen molar-refractivity contribution < 1.29 is 28.6 Å². The molecule has 0 spiro atoms. The van der Waals surface area contributed by atoms with Gasteiger partial charge in [-0.15, -0.1) is 0 Å². The lowest BCUT2D eigenvalue weighted by molar-refractivity contribution is -0.147. The maximum atomic E-state index is 12.2. The molecule has 8 nitrogen and oxygen atoms in total. The summed E-state index contributed by atoms with van der Waals surface area (Å²) in [4.78, 5) is 36.1. The van der Waals surface area contributed by atoms with E-state index in [-0.39, 0.29) is 18.7 Å². The summed E-state index contributed by atoms with van der Waals surface area (Å²) >= 11 is 0. The lowest BCUT2D eigenvalue weighted by Gasteiger charge is -2.10. The van der Waals surface area contributed by atoms with Crippen LogP contribution in [0.5, 0.6) is 17.2 Å². The summed E-state index contributed by atoms with van der Waals surface area (Å²) in [5, 5.41) is 5.42. The lowest BCUT2D eigenvalue weighted by Crippen LogP contribution is -2.21. The monoisotopic (exact) mass is 490 g/mol. The van der Waals surface area contributed by atoms with E-state index in [4.69, 9.17) is 14.2 Å². The molecule has 0 saturated heterocycles. The highest BCUT2D eigenvalue weighted by molar-refractivity contribution is 5.94. The quantitative estimate of drug-likeness (QED) is 0.349. The molecule has 3 aromatic carbocycles. The summed E-state index contributed by atoms with van der Waals surface area (Å²) in [7, 11) is 1.50. The molecule has 36 heavy (non-hydrogen) atoms. The summed E-state index contributed by atoms with van der Waals surface area (Å²) in [6.07, 6.45) is 0.467. The molecule has 0 saturated carbocycles. The van der Waals surface area contributed by atoms with Gasteiger partial charge in [0.05, 0.1) is 12.8 Å². The van der Waals surface area contributed by atoms with Gasteiger partial charge in [0.2, 0.25) is 5.91 Å². The number of para-hydroxylation sites is 2. The molecular formula is C28H30N2O6. The van der Waals surface area contributed by atoms with Crippen LogP contribution in [-0.2, 0) is 19.1 Å². The van der Waals surface area contributed by atoms with Gasteiger partial charge in [-0.1, -0.05) is 18.2 Å². The van der Waals surface area contributed by atoms with Crippen molar-refractivity contribution in [1.29, 1.82) is 0 Å². The van der Waals surface area contributed by atoms with Crippen molar-refractivity contribution in [3.8, 4) is 17.2 Å². The zero-order valence-electron chi connectivity index (χ0n) is 20.6. The van der Waals surface area contributed by atoms with E-state index in [1.54, 1.807) is 48.5 Å². The number of anilines is 2. The van der Waals surface area contributed by atoms with Crippen molar-refractivity contribution in [1.82, 2.24) is 0 Å². The zero-order chi connectivity index (χ0) is 25.9. The summed E-state index contributed by atoms with van der Waals surface area (Å²) in [5.74, 6) is 0.667. The predicted octanol–water partition coefficient (Wildman–Crippen LogP) is 5.40. The molecule has 0 aliphatic carbocycles. The summed E-state index contributed by atoms with van der Waals surface area (Å²) in [5.41, 5.74) is 3.46. The van der Waals surface area contributed by atoms with Crippen LogP contribution in [0.1, 0.15) is 30.4 Å². The van der Waals surface area contributed by atoms with Gasteiger partial charge >= 0.3 is 5.97 Å². The van der Waals surface area contributed by atoms with Crippen LogP contribution in [0.4, 0.5) is 11.4 Å². The molecule has 2 N–H and O–H groups in total. The Morgan fingerprint density at radius 1 is 0.778 bits per heavy atom. The van der Waals surface area contributed by atoms with Crippen LogP contribution in [0.15, 0.2) is 66.7 Å². The molecule has 3 aromatic rings. The third-order valence-electron chi connectivity index (χ3n) is 5.38. The molecule has 8 heteroatoms. The van der Waals surface area contributed by atoms with Crippen LogP contribution < -0.4 is 20.1 Å². The van der Waals surface area contributed by atoms with E-state index < -0.39 is 18.5 Å². The van der Waals surface area contributed by atoms with Crippen LogP contribution in [0.2, 0.25) is 0 Å². The molecule has 0 fully saturated rings. The van der Waals surface area contributed by atoms with E-state index in [0.717, 1.165) is 11.3 Å². The molecule has 3 rings (SSSR count). The Labute approximate surface area is 210 Å². The molecule has 0 unspecified atom stereocenters. The third-order valence-corrected chi connectivity index (χ3v) is 5.38. The van der Waals surface area contributed by atoms with Gasteiger partial charge in [0.25, 0.3) is 5.91 Å². The van der Waals surface area contributed by atoms with E-state index in [9.17, 15) is 14.4 Å². The van der Waals surface area contributed by atoms with Crippen molar-refractivity contribution in [3.63, 3.8) is 0 Å². The highest BCUT2D eigenvalue weighted by Gasteiger charge is 2.11. The topological polar surface area (TPSA) is 103 Å². The first-order valence-corrected chi connectivity index (χ1v) is 11.6. The Balaban J connectivity index is 1.34. The number of hydrogen-bond acceptors (Lipinski definition) is 6. The Hall–Kier alpha value is -4.33. The van der Waals surface area contributed by atoms with Gasteiger partial charge < -0.3 is 24.8 Å². The van der Waals surface area contributed by atoms with Crippen molar-refractivity contribution in [2.24, 2.45) is 0 Å². The second kappa shape index (κ2) is 12.9. The second-order valence-corrected chi connectivity index (χ2v) is 8.18. The van der Waals surface area contributed by atoms with Crippen LogP contribution in [0, 0.1) is 13.8 Å². The van der Waals surface area contributed by atoms with Crippen LogP contribution in [-0.4, -0.2) is 31.5 Å². The molecule has 0 radical (unpaired) electrons. The van der Waals surface area contributed by atoms with Crippen molar-refractivity contribution in [2.75, 3.05) is 24.4 Å². The molecule has 0 atom stereocenters. The predicted molar refractivity (Wildman–Crippen MR) is 137 cm³/mol. The van der Waals surface area contributed by atoms with E-state index >= 15 is 0 Å². The Bertz CT molecular complexity index is 1210. The highest BCUT2D eigenvalue weighted by Crippen LogP contribution is 2.25. The van der Waals surface area contributed by atoms with Gasteiger partial charge in [-0.05, 0) is 79.9 Å². The molecule has 0 aromatic heterocycles. The fraction of sp³-hybridized carbons (Fsp3) is 0.250. The van der Waals surface area contributed by atoms with Crippen LogP contribution in [0.25, 0.3) is 0 Å². The molecule has 0 aliphatic heterocycles. The van der Waals surface area contributed by atoms with Gasteiger partial charge in [0, 0.05) is 18.5 Å². The molecule has 2 amide bonds. The first-order chi connectivity index (χ1) is 17.3. The number of ether oxygens (including phenoxy) is 3. The molecule has 188 valence electrons. The first kappa shape index (κ1) is 26.3. The lowest BCUT2D eigenvalue weighted by atomic mass is 10.1. The van der Waals surface area contributed by atoms with E-state index in [1.165, 1.54) is 12.7 Å². The number of benzene rings is 3. The number of aryl methyl sites for hydroxylation is 2. The normalized spacial score (nSPS) is 10.3. The smallest absolute Gasteiger partial charge is 0.306 e. The summed E-state index contributed by atoms with van der Waals surface area (Å²) in [6, 6.07) is 19.9. The third kappa shape index (κ3) is 8.16. The van der Waals surface area contributed by atoms with Gasteiger partial charge in [0.15, 0.2) is 6.61 Å². The highest BCUT2D eigenvalue weighted by atomic mass is 16.5. The summed E-state index contributed by atoms with van der Waals surface area (Å²) in [6.45, 7) is 3.66. The van der Waals surface area contributed by atoms with Crippen LogP contribution in [0.3, 0.4) is 0 Å². The number of nitrogens with one attached hydrogen (secondary N) is 2. The first-order valence-electron chi connectivity index (χ1n) is 11.6. The number of amides is 2. The molecule has 0 bridgehead atoms. The Morgan fingerprint density at radius 2 is 1.50 bits per heavy atom. The SMILES string of the molecule is COc1ccccc1NC(=O)COC(=O)CCCC(=O)Nc1ccc(Oc2ccc(C)c(C)c2)cc1. The van der Waals surface area contributed by atoms with Gasteiger partial charge in [-0.3, -0.25) is 14.4 Å². The summed E-state index contributed by atoms with van der Waals surface area (Å²) < 4.78 is 16.0. The number of carbonyl (C=O) groups excluding carboxylic acids is 3. The largest absolute Gasteiger partial charge is 0.495 e. The number of esters is 1. The fourth-order valence-corrected chi connectivity index (χ4v) is 3.29. The van der Waals surface area contributed by atoms with E-state index in [2.05, 4.69) is 10.6 Å². The van der Waals surface area contributed by atoms with Gasteiger partial charge in [0.1, 0.15) is 17.2 Å². The number of rotatable bonds is 11. The fourth-order valence-electron chi connectivity index (χ4n) is 3.29. The van der Waals surface area contributed by atoms with Crippen molar-refractivity contribution in [3.05, 3.63) is 77.9 Å². The van der Waals surface area contributed by atoms with Gasteiger partial charge in [-0.25, -0.2) is 0 Å².